The Bertz CT molecular complexity index is 980. The van der Waals surface area contributed by atoms with Crippen LogP contribution in [0, 0.1) is 0 Å². The molecular weight excluding hydrogens is 389 g/mol. The molecule has 0 radical (unpaired) electrons. The van der Waals surface area contributed by atoms with E-state index in [0.29, 0.717) is 32.8 Å². The van der Waals surface area contributed by atoms with Gasteiger partial charge in [-0.3, -0.25) is 9.59 Å². The Morgan fingerprint density at radius 3 is 2.48 bits per heavy atom. The fourth-order valence-corrected chi connectivity index (χ4v) is 2.65. The molecule has 0 aliphatic carbocycles. The first-order valence-corrected chi connectivity index (χ1v) is 8.77. The Balaban J connectivity index is 1.62. The zero-order chi connectivity index (χ0) is 19.4. The average molecular weight is 404 g/mol. The largest absolute Gasteiger partial charge is 0.484 e. The van der Waals surface area contributed by atoms with Crippen LogP contribution in [0.25, 0.3) is 0 Å². The van der Waals surface area contributed by atoms with Crippen molar-refractivity contribution in [3.8, 4) is 5.75 Å². The molecule has 1 amide bonds. The number of rotatable bonds is 6. The Labute approximate surface area is 165 Å². The van der Waals surface area contributed by atoms with Gasteiger partial charge in [-0.05, 0) is 55.5 Å². The van der Waals surface area contributed by atoms with Gasteiger partial charge in [-0.1, -0.05) is 29.3 Å². The summed E-state index contributed by atoms with van der Waals surface area (Å²) in [5.74, 6) is 0.586. The molecule has 1 aromatic heterocycles. The summed E-state index contributed by atoms with van der Waals surface area (Å²) in [6.45, 7) is 1.58. The molecular formula is C20H15Cl2NO4. The highest BCUT2D eigenvalue weighted by Crippen LogP contribution is 2.32. The van der Waals surface area contributed by atoms with Crippen LogP contribution in [0.4, 0.5) is 5.69 Å². The van der Waals surface area contributed by atoms with Gasteiger partial charge in [-0.15, -0.1) is 0 Å². The van der Waals surface area contributed by atoms with Gasteiger partial charge in [-0.25, -0.2) is 0 Å². The monoisotopic (exact) mass is 403 g/mol. The van der Waals surface area contributed by atoms with E-state index in [-0.39, 0.29) is 18.2 Å². The van der Waals surface area contributed by atoms with Crippen molar-refractivity contribution >= 4 is 40.6 Å². The average Bonchev–Trinajstić information content (AvgIpc) is 3.12. The van der Waals surface area contributed by atoms with E-state index in [1.54, 1.807) is 54.6 Å². The second kappa shape index (κ2) is 8.29. The number of amides is 1. The van der Waals surface area contributed by atoms with Gasteiger partial charge in [0.2, 0.25) is 0 Å². The molecule has 0 aliphatic rings. The van der Waals surface area contributed by atoms with E-state index in [1.807, 2.05) is 0 Å². The van der Waals surface area contributed by atoms with Crippen molar-refractivity contribution in [2.75, 3.05) is 5.32 Å². The van der Waals surface area contributed by atoms with Crippen molar-refractivity contribution in [2.45, 2.75) is 13.5 Å². The van der Waals surface area contributed by atoms with E-state index in [4.69, 9.17) is 32.4 Å². The van der Waals surface area contributed by atoms with Crippen molar-refractivity contribution < 1.29 is 18.7 Å². The van der Waals surface area contributed by atoms with Crippen LogP contribution in [-0.2, 0) is 6.61 Å². The van der Waals surface area contributed by atoms with E-state index in [1.165, 1.54) is 6.92 Å². The lowest BCUT2D eigenvalue weighted by Gasteiger charge is -2.07. The van der Waals surface area contributed by atoms with Gasteiger partial charge in [0.05, 0.1) is 5.02 Å². The Kier molecular flexibility index (Phi) is 5.84. The van der Waals surface area contributed by atoms with E-state index < -0.39 is 5.91 Å². The summed E-state index contributed by atoms with van der Waals surface area (Å²) < 4.78 is 11.1. The van der Waals surface area contributed by atoms with Crippen molar-refractivity contribution in [1.82, 2.24) is 0 Å². The third-order valence-corrected chi connectivity index (χ3v) is 4.52. The predicted octanol–water partition coefficient (Wildman–Crippen LogP) is 5.62. The van der Waals surface area contributed by atoms with Crippen LogP contribution in [0.3, 0.4) is 0 Å². The zero-order valence-electron chi connectivity index (χ0n) is 14.3. The molecule has 0 fully saturated rings. The molecule has 0 saturated carbocycles. The first kappa shape index (κ1) is 19.0. The van der Waals surface area contributed by atoms with Crippen molar-refractivity contribution in [1.29, 1.82) is 0 Å². The molecule has 2 aromatic carbocycles. The van der Waals surface area contributed by atoms with Crippen LogP contribution >= 0.6 is 23.2 Å². The van der Waals surface area contributed by atoms with Crippen LogP contribution in [0.5, 0.6) is 5.75 Å². The normalized spacial score (nSPS) is 10.5. The van der Waals surface area contributed by atoms with E-state index in [0.717, 1.165) is 0 Å². The van der Waals surface area contributed by atoms with Crippen molar-refractivity contribution in [3.63, 3.8) is 0 Å². The number of nitrogens with one attached hydrogen (secondary N) is 1. The molecule has 0 aliphatic heterocycles. The lowest BCUT2D eigenvalue weighted by molar-refractivity contribution is 0.0990. The quantitative estimate of drug-likeness (QED) is 0.542. The number of hydrogen-bond donors (Lipinski definition) is 1. The van der Waals surface area contributed by atoms with Crippen LogP contribution < -0.4 is 10.1 Å². The maximum absolute atomic E-state index is 12.3. The number of halogens is 2. The summed E-state index contributed by atoms with van der Waals surface area (Å²) >= 11 is 12.0. The minimum absolute atomic E-state index is 0.0386. The maximum atomic E-state index is 12.3. The van der Waals surface area contributed by atoms with E-state index >= 15 is 0 Å². The zero-order valence-corrected chi connectivity index (χ0v) is 15.8. The van der Waals surface area contributed by atoms with Crippen LogP contribution in [0.2, 0.25) is 10.0 Å². The molecule has 0 bridgehead atoms. The number of carbonyl (C=O) groups excluding carboxylic acids is 2. The van der Waals surface area contributed by atoms with Crippen LogP contribution in [0.15, 0.2) is 59.0 Å². The molecule has 1 heterocycles. The number of ketones is 1. The molecule has 3 rings (SSSR count). The molecule has 3 aromatic rings. The Morgan fingerprint density at radius 1 is 1.04 bits per heavy atom. The summed E-state index contributed by atoms with van der Waals surface area (Å²) in [5, 5.41) is 3.42. The van der Waals surface area contributed by atoms with Gasteiger partial charge in [0.25, 0.3) is 5.91 Å². The van der Waals surface area contributed by atoms with Gasteiger partial charge in [0.15, 0.2) is 11.5 Å². The summed E-state index contributed by atoms with van der Waals surface area (Å²) in [5.41, 5.74) is 1.13. The van der Waals surface area contributed by atoms with Crippen molar-refractivity contribution in [2.24, 2.45) is 0 Å². The first-order valence-electron chi connectivity index (χ1n) is 8.02. The highest BCUT2D eigenvalue weighted by molar-refractivity contribution is 6.42. The molecule has 0 atom stereocenters. The topological polar surface area (TPSA) is 68.5 Å². The highest BCUT2D eigenvalue weighted by Gasteiger charge is 2.13. The number of hydrogen-bond acceptors (Lipinski definition) is 4. The lowest BCUT2D eigenvalue weighted by Crippen LogP contribution is -2.11. The summed E-state index contributed by atoms with van der Waals surface area (Å²) in [4.78, 5) is 23.5. The first-order chi connectivity index (χ1) is 12.9. The number of ether oxygens (including phenoxy) is 1. The molecule has 1 N–H and O–H groups in total. The summed E-state index contributed by atoms with van der Waals surface area (Å²) in [6, 6.07) is 14.9. The van der Waals surface area contributed by atoms with Gasteiger partial charge in [0, 0.05) is 11.3 Å². The Hall–Kier alpha value is -2.76. The number of furan rings is 1. The SMILES string of the molecule is CC(=O)c1ccc(NC(=O)c2ccc(COc3cccc(Cl)c3Cl)o2)cc1. The number of Topliss-reactive ketones (excluding diaryl/α,β-unsaturated/α-hetero) is 1. The molecule has 27 heavy (non-hydrogen) atoms. The minimum atomic E-state index is -0.405. The van der Waals surface area contributed by atoms with Crippen LogP contribution in [0.1, 0.15) is 33.6 Å². The Morgan fingerprint density at radius 2 is 1.78 bits per heavy atom. The van der Waals surface area contributed by atoms with Crippen LogP contribution in [-0.4, -0.2) is 11.7 Å². The highest BCUT2D eigenvalue weighted by atomic mass is 35.5. The van der Waals surface area contributed by atoms with Gasteiger partial charge < -0.3 is 14.5 Å². The third-order valence-electron chi connectivity index (χ3n) is 3.72. The smallest absolute Gasteiger partial charge is 0.291 e. The fraction of sp³-hybridized carbons (Fsp3) is 0.100. The van der Waals surface area contributed by atoms with Crippen molar-refractivity contribution in [3.05, 3.63) is 81.7 Å². The second-order valence-electron chi connectivity index (χ2n) is 5.69. The third kappa shape index (κ3) is 4.70. The summed E-state index contributed by atoms with van der Waals surface area (Å²) in [7, 11) is 0. The van der Waals surface area contributed by atoms with Gasteiger partial charge in [-0.2, -0.15) is 0 Å². The van der Waals surface area contributed by atoms with E-state index in [2.05, 4.69) is 5.32 Å². The maximum Gasteiger partial charge on any atom is 0.291 e. The lowest BCUT2D eigenvalue weighted by atomic mass is 10.1. The molecule has 5 nitrogen and oxygen atoms in total. The molecule has 0 spiro atoms. The molecule has 0 unspecified atom stereocenters. The molecule has 0 saturated heterocycles. The van der Waals surface area contributed by atoms with Gasteiger partial charge >= 0.3 is 0 Å². The van der Waals surface area contributed by atoms with Gasteiger partial charge in [0.1, 0.15) is 23.1 Å². The minimum Gasteiger partial charge on any atom is -0.484 e. The predicted molar refractivity (Wildman–Crippen MR) is 104 cm³/mol. The number of benzene rings is 2. The standard InChI is InChI=1S/C20H15Cl2NO4/c1-12(24)13-5-7-14(8-6-13)23-20(25)18-10-9-15(27-18)11-26-17-4-2-3-16(21)19(17)22/h2-10H,11H2,1H3,(H,23,25). The molecule has 7 heteroatoms. The fourth-order valence-electron chi connectivity index (χ4n) is 2.30. The summed E-state index contributed by atoms with van der Waals surface area (Å²) in [6.07, 6.45) is 0. The number of carbonyl (C=O) groups is 2. The molecule has 138 valence electrons. The number of anilines is 1. The van der Waals surface area contributed by atoms with E-state index in [9.17, 15) is 9.59 Å². The second-order valence-corrected chi connectivity index (χ2v) is 6.48.